The number of rotatable bonds is 11. The number of carbonyl (C=O) groups is 3. The molecular weight excluding hydrogens is 502 g/mol. The molecule has 4 rings (SSSR count). The van der Waals surface area contributed by atoms with Gasteiger partial charge in [0, 0.05) is 56.9 Å². The molecule has 2 aliphatic rings. The number of amides is 1. The van der Waals surface area contributed by atoms with E-state index in [9.17, 15) is 14.4 Å². The summed E-state index contributed by atoms with van der Waals surface area (Å²) in [5.41, 5.74) is 0.995. The zero-order valence-corrected chi connectivity index (χ0v) is 22.9. The van der Waals surface area contributed by atoms with E-state index < -0.39 is 0 Å². The summed E-state index contributed by atoms with van der Waals surface area (Å²) in [7, 11) is 3.12. The highest BCUT2D eigenvalue weighted by Crippen LogP contribution is 2.34. The molecule has 1 aromatic carbocycles. The van der Waals surface area contributed by atoms with Crippen molar-refractivity contribution in [3.8, 4) is 11.5 Å². The second kappa shape index (κ2) is 12.7. The van der Waals surface area contributed by atoms with Gasteiger partial charge in [-0.1, -0.05) is 0 Å². The van der Waals surface area contributed by atoms with Crippen molar-refractivity contribution < 1.29 is 28.6 Å². The fourth-order valence-electron chi connectivity index (χ4n) is 4.88. The van der Waals surface area contributed by atoms with Crippen molar-refractivity contribution in [1.29, 1.82) is 0 Å². The molecule has 11 nitrogen and oxygen atoms in total. The molecule has 2 aromatic rings. The van der Waals surface area contributed by atoms with Gasteiger partial charge in [0.05, 0.1) is 36.5 Å². The average molecular weight is 538 g/mol. The van der Waals surface area contributed by atoms with Gasteiger partial charge in [0.15, 0.2) is 11.5 Å². The molecule has 11 heteroatoms. The monoisotopic (exact) mass is 537 g/mol. The first-order chi connectivity index (χ1) is 18.9. The smallest absolute Gasteiger partial charge is 0.227 e. The number of likely N-dealkylation sites (tertiary alicyclic amines) is 1. The van der Waals surface area contributed by atoms with Crippen LogP contribution in [-0.2, 0) is 19.1 Å². The summed E-state index contributed by atoms with van der Waals surface area (Å²) in [6.45, 7) is 7.01. The SMILES string of the molecule is CCN(CC)C(=O)C1CCCN(C2=CC(=O)C(Nc3ncnc4cc(OCCOC)c(OC)cc34)=CC2=O)C1. The Balaban J connectivity index is 1.52. The van der Waals surface area contributed by atoms with E-state index in [-0.39, 0.29) is 29.1 Å². The standard InChI is InChI=1S/C28H35N5O6/c1-5-32(6-2)28(36)18-8-7-9-33(16-18)22-15-23(34)21(13-24(22)35)31-27-19-12-25(38-4)26(39-11-10-37-3)14-20(19)29-17-30-27/h12-15,17-18H,5-11,16H2,1-4H3,(H,29,30,31). The Hall–Kier alpha value is -3.99. The minimum atomic E-state index is -0.347. The van der Waals surface area contributed by atoms with Crippen LogP contribution in [0.2, 0.25) is 0 Å². The summed E-state index contributed by atoms with van der Waals surface area (Å²) in [5, 5.41) is 3.60. The molecule has 0 bridgehead atoms. The van der Waals surface area contributed by atoms with Crippen LogP contribution in [-0.4, -0.2) is 90.9 Å². The highest BCUT2D eigenvalue weighted by Gasteiger charge is 2.32. The lowest BCUT2D eigenvalue weighted by Crippen LogP contribution is -2.45. The molecule has 1 N–H and O–H groups in total. The van der Waals surface area contributed by atoms with Gasteiger partial charge in [-0.15, -0.1) is 0 Å². The molecule has 0 saturated carbocycles. The lowest BCUT2D eigenvalue weighted by Gasteiger charge is -2.36. The van der Waals surface area contributed by atoms with Gasteiger partial charge in [0.2, 0.25) is 17.5 Å². The molecule has 0 spiro atoms. The molecule has 1 fully saturated rings. The fraction of sp³-hybridized carbons (Fsp3) is 0.464. The van der Waals surface area contributed by atoms with Crippen LogP contribution in [0.1, 0.15) is 26.7 Å². The Morgan fingerprint density at radius 3 is 2.59 bits per heavy atom. The first-order valence-electron chi connectivity index (χ1n) is 13.2. The number of hydrogen-bond donors (Lipinski definition) is 1. The highest BCUT2D eigenvalue weighted by molar-refractivity contribution is 6.21. The Bertz CT molecular complexity index is 1300. The second-order valence-electron chi connectivity index (χ2n) is 9.32. The number of carbonyl (C=O) groups excluding carboxylic acids is 3. The summed E-state index contributed by atoms with van der Waals surface area (Å²) in [4.78, 5) is 51.4. The topological polar surface area (TPSA) is 123 Å². The predicted octanol–water partition coefficient (Wildman–Crippen LogP) is 2.58. The molecular formula is C28H35N5O6. The molecule has 1 aliphatic carbocycles. The van der Waals surface area contributed by atoms with E-state index in [4.69, 9.17) is 14.2 Å². The number of nitrogens with zero attached hydrogens (tertiary/aromatic N) is 4. The summed E-state index contributed by atoms with van der Waals surface area (Å²) >= 11 is 0. The zero-order valence-electron chi connectivity index (χ0n) is 22.9. The average Bonchev–Trinajstić information content (AvgIpc) is 2.95. The molecule has 39 heavy (non-hydrogen) atoms. The van der Waals surface area contributed by atoms with E-state index in [1.54, 1.807) is 19.2 Å². The van der Waals surface area contributed by atoms with E-state index in [2.05, 4.69) is 15.3 Å². The molecule has 0 radical (unpaired) electrons. The first kappa shape index (κ1) is 28.0. The van der Waals surface area contributed by atoms with Gasteiger partial charge < -0.3 is 29.3 Å². The first-order valence-corrected chi connectivity index (χ1v) is 13.2. The normalized spacial score (nSPS) is 17.5. The van der Waals surface area contributed by atoms with Crippen LogP contribution in [0.4, 0.5) is 5.82 Å². The third kappa shape index (κ3) is 6.19. The van der Waals surface area contributed by atoms with Crippen molar-refractivity contribution in [2.24, 2.45) is 5.92 Å². The Labute approximate surface area is 227 Å². The van der Waals surface area contributed by atoms with Crippen LogP contribution in [0.5, 0.6) is 11.5 Å². The van der Waals surface area contributed by atoms with Crippen molar-refractivity contribution in [2.75, 3.05) is 58.9 Å². The summed E-state index contributed by atoms with van der Waals surface area (Å²) in [6.07, 6.45) is 5.56. The molecule has 1 aliphatic heterocycles. The lowest BCUT2D eigenvalue weighted by molar-refractivity contribution is -0.137. The van der Waals surface area contributed by atoms with Crippen LogP contribution in [0.25, 0.3) is 10.9 Å². The van der Waals surface area contributed by atoms with Crippen molar-refractivity contribution >= 4 is 34.2 Å². The largest absolute Gasteiger partial charge is 0.493 e. The third-order valence-electron chi connectivity index (χ3n) is 6.97. The molecule has 1 unspecified atom stereocenters. The van der Waals surface area contributed by atoms with Crippen LogP contribution >= 0.6 is 0 Å². The predicted molar refractivity (Wildman–Crippen MR) is 145 cm³/mol. The fourth-order valence-corrected chi connectivity index (χ4v) is 4.88. The van der Waals surface area contributed by atoms with Gasteiger partial charge in [-0.3, -0.25) is 14.4 Å². The Morgan fingerprint density at radius 1 is 1.08 bits per heavy atom. The molecule has 208 valence electrons. The minimum Gasteiger partial charge on any atom is -0.493 e. The van der Waals surface area contributed by atoms with Gasteiger partial charge in [0.25, 0.3) is 0 Å². The van der Waals surface area contributed by atoms with Gasteiger partial charge in [0.1, 0.15) is 18.8 Å². The number of ether oxygens (including phenoxy) is 3. The maximum atomic E-state index is 13.1. The number of nitrogens with one attached hydrogen (secondary N) is 1. The van der Waals surface area contributed by atoms with Crippen molar-refractivity contribution in [3.05, 3.63) is 42.0 Å². The van der Waals surface area contributed by atoms with Crippen LogP contribution < -0.4 is 14.8 Å². The molecule has 1 amide bonds. The third-order valence-corrected chi connectivity index (χ3v) is 6.97. The van der Waals surface area contributed by atoms with E-state index >= 15 is 0 Å². The van der Waals surface area contributed by atoms with Gasteiger partial charge in [-0.2, -0.15) is 0 Å². The molecule has 1 atom stereocenters. The number of hydrogen-bond acceptors (Lipinski definition) is 10. The molecule has 1 saturated heterocycles. The van der Waals surface area contributed by atoms with Gasteiger partial charge in [-0.25, -0.2) is 9.97 Å². The maximum Gasteiger partial charge on any atom is 0.227 e. The number of aromatic nitrogens is 2. The van der Waals surface area contributed by atoms with E-state index in [1.807, 2.05) is 23.6 Å². The van der Waals surface area contributed by atoms with Crippen molar-refractivity contribution in [3.63, 3.8) is 0 Å². The van der Waals surface area contributed by atoms with Gasteiger partial charge in [-0.05, 0) is 32.8 Å². The Kier molecular flexibility index (Phi) is 9.13. The highest BCUT2D eigenvalue weighted by atomic mass is 16.5. The maximum absolute atomic E-state index is 13.1. The minimum absolute atomic E-state index is 0.0936. The number of benzene rings is 1. The number of fused-ring (bicyclic) bond motifs is 1. The summed E-state index contributed by atoms with van der Waals surface area (Å²) in [6, 6.07) is 3.45. The van der Waals surface area contributed by atoms with Crippen LogP contribution in [0.15, 0.2) is 42.0 Å². The summed E-state index contributed by atoms with van der Waals surface area (Å²) < 4.78 is 16.2. The van der Waals surface area contributed by atoms with E-state index in [1.165, 1.54) is 25.6 Å². The van der Waals surface area contributed by atoms with E-state index in [0.717, 1.165) is 12.8 Å². The van der Waals surface area contributed by atoms with Crippen molar-refractivity contribution in [2.45, 2.75) is 26.7 Å². The van der Waals surface area contributed by atoms with Crippen LogP contribution in [0.3, 0.4) is 0 Å². The summed E-state index contributed by atoms with van der Waals surface area (Å²) in [5.74, 6) is 0.582. The zero-order chi connectivity index (χ0) is 27.9. The molecule has 2 heterocycles. The number of methoxy groups -OCH3 is 2. The lowest BCUT2D eigenvalue weighted by atomic mass is 9.94. The quantitative estimate of drug-likeness (QED) is 0.338. The number of piperidine rings is 1. The van der Waals surface area contributed by atoms with Gasteiger partial charge >= 0.3 is 0 Å². The van der Waals surface area contributed by atoms with Crippen LogP contribution in [0, 0.1) is 5.92 Å². The van der Waals surface area contributed by atoms with Crippen molar-refractivity contribution in [1.82, 2.24) is 19.8 Å². The second-order valence-corrected chi connectivity index (χ2v) is 9.32. The number of anilines is 1. The number of ketones is 2. The molecule has 1 aromatic heterocycles. The van der Waals surface area contributed by atoms with E-state index in [0.29, 0.717) is 73.3 Å². The number of allylic oxidation sites excluding steroid dienone is 2. The Morgan fingerprint density at radius 2 is 1.87 bits per heavy atom.